The second-order valence-corrected chi connectivity index (χ2v) is 5.32. The molecule has 0 bridgehead atoms. The molecule has 1 unspecified atom stereocenters. The molecule has 2 atom stereocenters. The number of carbonyl (C=O) groups is 1. The first-order valence-electron chi connectivity index (χ1n) is 6.92. The molecule has 1 aromatic carbocycles. The first-order valence-corrected chi connectivity index (χ1v) is 6.92. The molecule has 0 amide bonds. The molecule has 104 valence electrons. The van der Waals surface area contributed by atoms with Gasteiger partial charge in [-0.2, -0.15) is 0 Å². The molecule has 1 saturated heterocycles. The van der Waals surface area contributed by atoms with Gasteiger partial charge in [0.2, 0.25) is 0 Å². The highest BCUT2D eigenvalue weighted by molar-refractivity contribution is 5.87. The van der Waals surface area contributed by atoms with Crippen molar-refractivity contribution in [3.8, 4) is 0 Å². The Labute approximate surface area is 114 Å². The van der Waals surface area contributed by atoms with Crippen molar-refractivity contribution in [2.24, 2.45) is 5.73 Å². The third-order valence-corrected chi connectivity index (χ3v) is 3.95. The molecule has 0 aromatic heterocycles. The molecule has 4 N–H and O–H groups in total. The number of nitrogens with one attached hydrogen (secondary N) is 2. The number of Topliss-reactive ketones (excluding diaryl/α,β-unsaturated/α-hetero) is 1. The third kappa shape index (κ3) is 3.41. The van der Waals surface area contributed by atoms with E-state index in [1.807, 2.05) is 30.3 Å². The first kappa shape index (κ1) is 14.2. The van der Waals surface area contributed by atoms with Gasteiger partial charge >= 0.3 is 0 Å². The Bertz CT molecular complexity index is 415. The van der Waals surface area contributed by atoms with Gasteiger partial charge in [0.05, 0.1) is 0 Å². The Kier molecular flexibility index (Phi) is 4.69. The van der Waals surface area contributed by atoms with E-state index >= 15 is 0 Å². The van der Waals surface area contributed by atoms with Crippen LogP contribution in [0.1, 0.15) is 31.7 Å². The summed E-state index contributed by atoms with van der Waals surface area (Å²) in [6.07, 6.45) is 2.70. The number of hydrogen-bond acceptors (Lipinski definition) is 4. The largest absolute Gasteiger partial charge is 0.315 e. The summed E-state index contributed by atoms with van der Waals surface area (Å²) in [6, 6.07) is 10.2. The minimum atomic E-state index is -0.840. The van der Waals surface area contributed by atoms with Crippen molar-refractivity contribution in [2.75, 3.05) is 13.2 Å². The van der Waals surface area contributed by atoms with Crippen molar-refractivity contribution in [2.45, 2.75) is 37.8 Å². The SMILES string of the molecule is CC(=O)C(N)(CCC[C@H]1CNCN1)c1ccccc1. The highest BCUT2D eigenvalue weighted by atomic mass is 16.1. The van der Waals surface area contributed by atoms with Crippen LogP contribution in [0, 0.1) is 0 Å². The van der Waals surface area contributed by atoms with Crippen LogP contribution in [0.3, 0.4) is 0 Å². The minimum Gasteiger partial charge on any atom is -0.315 e. The van der Waals surface area contributed by atoms with Gasteiger partial charge in [-0.1, -0.05) is 30.3 Å². The molecule has 4 nitrogen and oxygen atoms in total. The summed E-state index contributed by atoms with van der Waals surface area (Å²) in [5, 5.41) is 6.64. The van der Waals surface area contributed by atoms with Gasteiger partial charge in [0.15, 0.2) is 5.78 Å². The lowest BCUT2D eigenvalue weighted by Crippen LogP contribution is -2.43. The smallest absolute Gasteiger partial charge is 0.154 e. The Morgan fingerprint density at radius 2 is 2.16 bits per heavy atom. The van der Waals surface area contributed by atoms with E-state index in [-0.39, 0.29) is 5.78 Å². The van der Waals surface area contributed by atoms with Gasteiger partial charge in [0.1, 0.15) is 5.54 Å². The van der Waals surface area contributed by atoms with Crippen LogP contribution in [0.25, 0.3) is 0 Å². The van der Waals surface area contributed by atoms with Crippen molar-refractivity contribution in [3.05, 3.63) is 35.9 Å². The Morgan fingerprint density at radius 1 is 1.42 bits per heavy atom. The maximum atomic E-state index is 11.9. The van der Waals surface area contributed by atoms with Crippen LogP contribution in [-0.4, -0.2) is 25.0 Å². The standard InChI is InChI=1S/C15H23N3O/c1-12(19)15(16,13-6-3-2-4-7-13)9-5-8-14-10-17-11-18-14/h2-4,6-7,14,17-18H,5,8-11,16H2,1H3/t14-,15?/m0/s1. The van der Waals surface area contributed by atoms with Crippen molar-refractivity contribution >= 4 is 5.78 Å². The normalized spacial score (nSPS) is 22.1. The second kappa shape index (κ2) is 6.28. The van der Waals surface area contributed by atoms with Crippen molar-refractivity contribution in [3.63, 3.8) is 0 Å². The highest BCUT2D eigenvalue weighted by Crippen LogP contribution is 2.26. The maximum absolute atomic E-state index is 11.9. The molecule has 1 aliphatic heterocycles. The Morgan fingerprint density at radius 3 is 2.74 bits per heavy atom. The van der Waals surface area contributed by atoms with Crippen LogP contribution in [0.2, 0.25) is 0 Å². The van der Waals surface area contributed by atoms with Crippen molar-refractivity contribution in [1.29, 1.82) is 0 Å². The number of carbonyl (C=O) groups excluding carboxylic acids is 1. The fourth-order valence-corrected chi connectivity index (χ4v) is 2.63. The summed E-state index contributed by atoms with van der Waals surface area (Å²) in [7, 11) is 0. The fraction of sp³-hybridized carbons (Fsp3) is 0.533. The Balaban J connectivity index is 1.97. The monoisotopic (exact) mass is 261 g/mol. The van der Waals surface area contributed by atoms with Crippen LogP contribution in [0.15, 0.2) is 30.3 Å². The summed E-state index contributed by atoms with van der Waals surface area (Å²) in [4.78, 5) is 11.9. The number of nitrogens with two attached hydrogens (primary N) is 1. The number of benzene rings is 1. The van der Waals surface area contributed by atoms with Crippen LogP contribution < -0.4 is 16.4 Å². The van der Waals surface area contributed by atoms with E-state index in [0.717, 1.165) is 31.6 Å². The molecule has 1 aromatic rings. The predicted molar refractivity (Wildman–Crippen MR) is 76.6 cm³/mol. The number of hydrogen-bond donors (Lipinski definition) is 3. The van der Waals surface area contributed by atoms with Gasteiger partial charge in [0, 0.05) is 19.3 Å². The average Bonchev–Trinajstić information content (AvgIpc) is 2.92. The summed E-state index contributed by atoms with van der Waals surface area (Å²) in [6.45, 7) is 3.47. The summed E-state index contributed by atoms with van der Waals surface area (Å²) < 4.78 is 0. The third-order valence-electron chi connectivity index (χ3n) is 3.95. The lowest BCUT2D eigenvalue weighted by molar-refractivity contribution is -0.122. The van der Waals surface area contributed by atoms with Gasteiger partial charge < -0.3 is 16.4 Å². The fourth-order valence-electron chi connectivity index (χ4n) is 2.63. The van der Waals surface area contributed by atoms with Gasteiger partial charge in [-0.05, 0) is 31.7 Å². The molecule has 2 rings (SSSR count). The highest BCUT2D eigenvalue weighted by Gasteiger charge is 2.32. The molecule has 0 spiro atoms. The lowest BCUT2D eigenvalue weighted by atomic mass is 9.82. The number of ketones is 1. The van der Waals surface area contributed by atoms with Gasteiger partial charge in [-0.25, -0.2) is 0 Å². The lowest BCUT2D eigenvalue weighted by Gasteiger charge is -2.27. The van der Waals surface area contributed by atoms with E-state index in [4.69, 9.17) is 5.73 Å². The Hall–Kier alpha value is -1.23. The first-order chi connectivity index (χ1) is 9.13. The predicted octanol–water partition coefficient (Wildman–Crippen LogP) is 1.12. The molecular weight excluding hydrogens is 238 g/mol. The zero-order valence-corrected chi connectivity index (χ0v) is 11.5. The molecule has 19 heavy (non-hydrogen) atoms. The van der Waals surface area contributed by atoms with Gasteiger partial charge in [-0.15, -0.1) is 0 Å². The van der Waals surface area contributed by atoms with E-state index in [0.29, 0.717) is 12.5 Å². The zero-order valence-electron chi connectivity index (χ0n) is 11.5. The molecule has 1 aliphatic rings. The molecular formula is C15H23N3O. The van der Waals surface area contributed by atoms with Crippen LogP contribution in [0.4, 0.5) is 0 Å². The molecule has 0 aliphatic carbocycles. The van der Waals surface area contributed by atoms with E-state index in [9.17, 15) is 4.79 Å². The molecule has 1 fully saturated rings. The van der Waals surface area contributed by atoms with Gasteiger partial charge in [0.25, 0.3) is 0 Å². The van der Waals surface area contributed by atoms with Gasteiger partial charge in [-0.3, -0.25) is 4.79 Å². The van der Waals surface area contributed by atoms with Crippen LogP contribution in [0.5, 0.6) is 0 Å². The van der Waals surface area contributed by atoms with Crippen molar-refractivity contribution < 1.29 is 4.79 Å². The number of rotatable bonds is 6. The molecule has 1 heterocycles. The maximum Gasteiger partial charge on any atom is 0.154 e. The van der Waals surface area contributed by atoms with E-state index in [1.165, 1.54) is 0 Å². The van der Waals surface area contributed by atoms with Crippen molar-refractivity contribution in [1.82, 2.24) is 10.6 Å². The van der Waals surface area contributed by atoms with Crippen LogP contribution >= 0.6 is 0 Å². The molecule has 0 saturated carbocycles. The zero-order chi connectivity index (χ0) is 13.7. The van der Waals surface area contributed by atoms with E-state index in [2.05, 4.69) is 10.6 Å². The summed E-state index contributed by atoms with van der Waals surface area (Å²) >= 11 is 0. The average molecular weight is 261 g/mol. The minimum absolute atomic E-state index is 0.0382. The van der Waals surface area contributed by atoms with Crippen LogP contribution in [-0.2, 0) is 10.3 Å². The molecule has 0 radical (unpaired) electrons. The van der Waals surface area contributed by atoms with E-state index in [1.54, 1.807) is 6.92 Å². The quantitative estimate of drug-likeness (QED) is 0.718. The second-order valence-electron chi connectivity index (χ2n) is 5.32. The topological polar surface area (TPSA) is 67.2 Å². The molecule has 4 heteroatoms. The summed E-state index contributed by atoms with van der Waals surface area (Å²) in [5.74, 6) is 0.0382. The summed E-state index contributed by atoms with van der Waals surface area (Å²) in [5.41, 5.74) is 6.44. The van der Waals surface area contributed by atoms with E-state index < -0.39 is 5.54 Å².